The number of amides is 1. The third-order valence-corrected chi connectivity index (χ3v) is 6.03. The first kappa shape index (κ1) is 19.9. The number of carbonyl (C=O) groups excluding carboxylic acids is 1. The molecule has 2 atom stereocenters. The van der Waals surface area contributed by atoms with Crippen LogP contribution in [0.5, 0.6) is 0 Å². The largest absolute Gasteiger partial charge is 0.416 e. The molecule has 0 aromatic carbocycles. The van der Waals surface area contributed by atoms with Crippen molar-refractivity contribution in [3.63, 3.8) is 0 Å². The molecule has 1 fully saturated rings. The number of pyridine rings is 1. The van der Waals surface area contributed by atoms with Gasteiger partial charge in [-0.3, -0.25) is 9.78 Å². The first-order valence-electron chi connectivity index (χ1n) is 9.41. The van der Waals surface area contributed by atoms with Gasteiger partial charge in [0.15, 0.2) is 0 Å². The third kappa shape index (κ3) is 3.88. The van der Waals surface area contributed by atoms with Gasteiger partial charge in [0.25, 0.3) is 0 Å². The standard InChI is InChI=1S/C20H26F3N3O/c1-13(2)19(7-3-16(24)12-19)18(27)26-9-5-14(6-10-26)17-11-15(4-8-25-17)20(21,22)23/h4-5,8,11,13,16H,3,6-7,9-10,12,24H2,1-2H3/t16-,19?/m1/s1. The second-order valence-electron chi connectivity index (χ2n) is 7.97. The Labute approximate surface area is 157 Å². The molecule has 1 aliphatic heterocycles. The van der Waals surface area contributed by atoms with Gasteiger partial charge >= 0.3 is 6.18 Å². The molecule has 1 aliphatic carbocycles. The van der Waals surface area contributed by atoms with E-state index in [1.807, 2.05) is 11.0 Å². The minimum absolute atomic E-state index is 0.0570. The van der Waals surface area contributed by atoms with Gasteiger partial charge < -0.3 is 10.6 Å². The first-order valence-corrected chi connectivity index (χ1v) is 9.41. The Balaban J connectivity index is 1.76. The average molecular weight is 381 g/mol. The molecule has 148 valence electrons. The second-order valence-corrected chi connectivity index (χ2v) is 7.97. The van der Waals surface area contributed by atoms with E-state index < -0.39 is 17.2 Å². The second kappa shape index (κ2) is 7.26. The molecule has 0 bridgehead atoms. The summed E-state index contributed by atoms with van der Waals surface area (Å²) in [4.78, 5) is 19.1. The minimum atomic E-state index is -4.39. The van der Waals surface area contributed by atoms with E-state index in [2.05, 4.69) is 18.8 Å². The van der Waals surface area contributed by atoms with Crippen molar-refractivity contribution in [1.29, 1.82) is 0 Å². The van der Waals surface area contributed by atoms with Gasteiger partial charge in [-0.05, 0) is 49.3 Å². The van der Waals surface area contributed by atoms with E-state index in [0.717, 1.165) is 30.5 Å². The molecular formula is C20H26F3N3O. The molecule has 2 N–H and O–H groups in total. The highest BCUT2D eigenvalue weighted by Gasteiger charge is 2.48. The summed E-state index contributed by atoms with van der Waals surface area (Å²) in [6.07, 6.45) is 1.47. The summed E-state index contributed by atoms with van der Waals surface area (Å²) >= 11 is 0. The number of hydrogen-bond acceptors (Lipinski definition) is 3. The number of carbonyl (C=O) groups is 1. The van der Waals surface area contributed by atoms with Crippen LogP contribution in [-0.4, -0.2) is 34.9 Å². The van der Waals surface area contributed by atoms with Gasteiger partial charge in [0.2, 0.25) is 5.91 Å². The lowest BCUT2D eigenvalue weighted by atomic mass is 9.74. The molecule has 0 spiro atoms. The summed E-state index contributed by atoms with van der Waals surface area (Å²) in [5.74, 6) is 0.326. The fourth-order valence-electron chi connectivity index (χ4n) is 4.26. The summed E-state index contributed by atoms with van der Waals surface area (Å²) < 4.78 is 38.7. The molecule has 0 saturated heterocycles. The van der Waals surface area contributed by atoms with E-state index in [0.29, 0.717) is 31.6 Å². The van der Waals surface area contributed by atoms with Crippen LogP contribution >= 0.6 is 0 Å². The first-order chi connectivity index (χ1) is 12.6. The average Bonchev–Trinajstić information content (AvgIpc) is 3.04. The lowest BCUT2D eigenvalue weighted by Crippen LogP contribution is -2.47. The predicted octanol–water partition coefficient (Wildman–Crippen LogP) is 3.87. The molecule has 4 nitrogen and oxygen atoms in total. The van der Waals surface area contributed by atoms with E-state index in [1.54, 1.807) is 0 Å². The molecule has 2 aliphatic rings. The lowest BCUT2D eigenvalue weighted by molar-refractivity contribution is -0.144. The van der Waals surface area contributed by atoms with Crippen molar-refractivity contribution in [3.8, 4) is 0 Å². The fraction of sp³-hybridized carbons (Fsp3) is 0.600. The van der Waals surface area contributed by atoms with Crippen LogP contribution < -0.4 is 5.73 Å². The predicted molar refractivity (Wildman–Crippen MR) is 97.5 cm³/mol. The Bertz CT molecular complexity index is 744. The van der Waals surface area contributed by atoms with Crippen LogP contribution in [0.3, 0.4) is 0 Å². The SMILES string of the molecule is CC(C)C1(C(=O)N2CC=C(c3cc(C(F)(F)F)ccn3)CC2)CC[C@@H](N)C1. The number of halogens is 3. The smallest absolute Gasteiger partial charge is 0.338 e. The van der Waals surface area contributed by atoms with E-state index in [9.17, 15) is 18.0 Å². The van der Waals surface area contributed by atoms with Crippen molar-refractivity contribution in [2.24, 2.45) is 17.1 Å². The molecule has 1 amide bonds. The van der Waals surface area contributed by atoms with E-state index in [1.165, 1.54) is 6.20 Å². The van der Waals surface area contributed by atoms with Gasteiger partial charge in [-0.1, -0.05) is 19.9 Å². The molecular weight excluding hydrogens is 355 g/mol. The summed E-state index contributed by atoms with van der Waals surface area (Å²) in [6, 6.07) is 2.11. The normalized spacial score (nSPS) is 26.4. The number of alkyl halides is 3. The maximum atomic E-state index is 13.2. The molecule has 0 radical (unpaired) electrons. The van der Waals surface area contributed by atoms with Gasteiger partial charge in [-0.2, -0.15) is 13.2 Å². The molecule has 1 unspecified atom stereocenters. The Hall–Kier alpha value is -1.89. The van der Waals surface area contributed by atoms with Crippen molar-refractivity contribution < 1.29 is 18.0 Å². The van der Waals surface area contributed by atoms with Gasteiger partial charge in [-0.25, -0.2) is 0 Å². The Morgan fingerprint density at radius 3 is 2.67 bits per heavy atom. The monoisotopic (exact) mass is 381 g/mol. The van der Waals surface area contributed by atoms with Gasteiger partial charge in [0.05, 0.1) is 16.7 Å². The number of hydrogen-bond donors (Lipinski definition) is 1. The van der Waals surface area contributed by atoms with Crippen molar-refractivity contribution in [2.45, 2.75) is 51.7 Å². The zero-order chi connectivity index (χ0) is 19.8. The minimum Gasteiger partial charge on any atom is -0.338 e. The highest BCUT2D eigenvalue weighted by molar-refractivity contribution is 5.84. The molecule has 1 aromatic rings. The van der Waals surface area contributed by atoms with E-state index in [-0.39, 0.29) is 17.9 Å². The maximum absolute atomic E-state index is 13.2. The topological polar surface area (TPSA) is 59.2 Å². The van der Waals surface area contributed by atoms with Crippen LogP contribution in [0.15, 0.2) is 24.4 Å². The summed E-state index contributed by atoms with van der Waals surface area (Å²) in [7, 11) is 0. The Kier molecular flexibility index (Phi) is 5.34. The molecule has 27 heavy (non-hydrogen) atoms. The van der Waals surface area contributed by atoms with Crippen molar-refractivity contribution in [1.82, 2.24) is 9.88 Å². The lowest BCUT2D eigenvalue weighted by Gasteiger charge is -2.38. The van der Waals surface area contributed by atoms with Gasteiger partial charge in [0.1, 0.15) is 0 Å². The summed E-state index contributed by atoms with van der Waals surface area (Å²) in [5, 5.41) is 0. The number of rotatable bonds is 3. The zero-order valence-electron chi connectivity index (χ0n) is 15.7. The molecule has 1 saturated carbocycles. The van der Waals surface area contributed by atoms with Crippen LogP contribution in [0.2, 0.25) is 0 Å². The van der Waals surface area contributed by atoms with Crippen LogP contribution in [0.25, 0.3) is 5.57 Å². The number of aromatic nitrogens is 1. The molecule has 7 heteroatoms. The quantitative estimate of drug-likeness (QED) is 0.865. The van der Waals surface area contributed by atoms with Gasteiger partial charge in [-0.15, -0.1) is 0 Å². The number of nitrogens with zero attached hydrogens (tertiary/aromatic N) is 2. The zero-order valence-corrected chi connectivity index (χ0v) is 15.7. The maximum Gasteiger partial charge on any atom is 0.416 e. The summed E-state index contributed by atoms with van der Waals surface area (Å²) in [5.41, 5.74) is 6.05. The van der Waals surface area contributed by atoms with Crippen LogP contribution in [0, 0.1) is 11.3 Å². The van der Waals surface area contributed by atoms with E-state index in [4.69, 9.17) is 5.73 Å². The third-order valence-electron chi connectivity index (χ3n) is 6.03. The Morgan fingerprint density at radius 2 is 2.15 bits per heavy atom. The van der Waals surface area contributed by atoms with Crippen LogP contribution in [0.4, 0.5) is 13.2 Å². The van der Waals surface area contributed by atoms with Crippen molar-refractivity contribution in [3.05, 3.63) is 35.7 Å². The van der Waals surface area contributed by atoms with Gasteiger partial charge in [0, 0.05) is 25.3 Å². The fourth-order valence-corrected chi connectivity index (χ4v) is 4.26. The van der Waals surface area contributed by atoms with Crippen LogP contribution in [0.1, 0.15) is 50.8 Å². The van der Waals surface area contributed by atoms with Crippen LogP contribution in [-0.2, 0) is 11.0 Å². The van der Waals surface area contributed by atoms with Crippen molar-refractivity contribution >= 4 is 11.5 Å². The number of nitrogens with two attached hydrogens (primary N) is 1. The molecule has 1 aromatic heterocycles. The van der Waals surface area contributed by atoms with Crippen molar-refractivity contribution in [2.75, 3.05) is 13.1 Å². The highest BCUT2D eigenvalue weighted by Crippen LogP contribution is 2.45. The summed E-state index contributed by atoms with van der Waals surface area (Å²) in [6.45, 7) is 5.02. The molecule has 2 heterocycles. The van der Waals surface area contributed by atoms with E-state index >= 15 is 0 Å². The molecule has 3 rings (SSSR count). The Morgan fingerprint density at radius 1 is 1.41 bits per heavy atom. The highest BCUT2D eigenvalue weighted by atomic mass is 19.4.